The van der Waals surface area contributed by atoms with Crippen LogP contribution in [0.3, 0.4) is 0 Å². The second-order valence-corrected chi connectivity index (χ2v) is 5.64. The number of hydrogen-bond donors (Lipinski definition) is 0. The number of rotatable bonds is 3. The van der Waals surface area contributed by atoms with E-state index in [-0.39, 0.29) is 17.5 Å². The van der Waals surface area contributed by atoms with Crippen LogP contribution in [0.25, 0.3) is 11.0 Å². The summed E-state index contributed by atoms with van der Waals surface area (Å²) in [6.45, 7) is 1.90. The lowest BCUT2D eigenvalue weighted by molar-refractivity contribution is 0.0727. The van der Waals surface area contributed by atoms with E-state index in [9.17, 15) is 9.59 Å². The van der Waals surface area contributed by atoms with E-state index in [1.165, 1.54) is 10.6 Å². The first-order valence-electron chi connectivity index (χ1n) is 7.39. The molecule has 5 heteroatoms. The van der Waals surface area contributed by atoms with E-state index in [4.69, 9.17) is 4.42 Å². The average molecular weight is 310 g/mol. The Morgan fingerprint density at radius 1 is 1.22 bits per heavy atom. The van der Waals surface area contributed by atoms with Crippen LogP contribution >= 0.6 is 0 Å². The molecule has 0 saturated carbocycles. The van der Waals surface area contributed by atoms with E-state index in [0.29, 0.717) is 11.3 Å². The van der Waals surface area contributed by atoms with Crippen molar-refractivity contribution >= 4 is 16.9 Å². The minimum Gasteiger partial charge on any atom is -0.459 e. The summed E-state index contributed by atoms with van der Waals surface area (Å²) in [5, 5.41) is 1.00. The van der Waals surface area contributed by atoms with Gasteiger partial charge in [-0.05, 0) is 25.1 Å². The van der Waals surface area contributed by atoms with Crippen molar-refractivity contribution in [3.8, 4) is 0 Å². The molecule has 3 rings (SSSR count). The summed E-state index contributed by atoms with van der Waals surface area (Å²) in [6, 6.07) is 12.4. The third kappa shape index (κ3) is 2.77. The van der Waals surface area contributed by atoms with Crippen LogP contribution in [0, 0.1) is 0 Å². The van der Waals surface area contributed by atoms with Crippen molar-refractivity contribution in [3.63, 3.8) is 0 Å². The molecule has 2 aromatic heterocycles. The molecule has 0 aliphatic heterocycles. The molecule has 0 N–H and O–H groups in total. The number of carbonyl (C=O) groups is 1. The largest absolute Gasteiger partial charge is 0.459 e. The normalized spacial score (nSPS) is 12.3. The lowest BCUT2D eigenvalue weighted by atomic mass is 10.1. The van der Waals surface area contributed by atoms with Gasteiger partial charge in [-0.3, -0.25) is 9.59 Å². The van der Waals surface area contributed by atoms with Crippen molar-refractivity contribution in [2.24, 2.45) is 7.05 Å². The van der Waals surface area contributed by atoms with E-state index in [1.807, 2.05) is 37.3 Å². The molecule has 0 aliphatic rings. The highest BCUT2D eigenvalue weighted by Crippen LogP contribution is 2.27. The Bertz CT molecular complexity index is 890. The van der Waals surface area contributed by atoms with Crippen molar-refractivity contribution in [2.45, 2.75) is 13.0 Å². The summed E-state index contributed by atoms with van der Waals surface area (Å²) < 4.78 is 7.25. The molecule has 0 bridgehead atoms. The maximum Gasteiger partial charge on any atom is 0.254 e. The van der Waals surface area contributed by atoms with Crippen molar-refractivity contribution in [3.05, 3.63) is 70.3 Å². The summed E-state index contributed by atoms with van der Waals surface area (Å²) in [7, 11) is 3.36. The molecule has 1 atom stereocenters. The Morgan fingerprint density at radius 2 is 1.96 bits per heavy atom. The maximum absolute atomic E-state index is 12.6. The molecule has 1 amide bonds. The Morgan fingerprint density at radius 3 is 2.65 bits per heavy atom. The number of amides is 1. The standard InChI is InChI=1S/C18H18N2O3/c1-12(16-10-13-6-4-5-7-15(13)23-16)20(3)18(22)14-8-9-19(2)17(21)11-14/h4-12H,1-3H3. The highest BCUT2D eigenvalue weighted by molar-refractivity contribution is 5.94. The van der Waals surface area contributed by atoms with Crippen LogP contribution in [0.15, 0.2) is 57.9 Å². The number of nitrogens with zero attached hydrogens (tertiary/aromatic N) is 2. The van der Waals surface area contributed by atoms with Gasteiger partial charge < -0.3 is 13.9 Å². The molecule has 0 spiro atoms. The zero-order chi connectivity index (χ0) is 16.6. The average Bonchev–Trinajstić information content (AvgIpc) is 2.99. The summed E-state index contributed by atoms with van der Waals surface area (Å²) in [4.78, 5) is 25.8. The van der Waals surface area contributed by atoms with Crippen LogP contribution in [0.4, 0.5) is 0 Å². The van der Waals surface area contributed by atoms with Gasteiger partial charge in [-0.1, -0.05) is 18.2 Å². The lowest BCUT2D eigenvalue weighted by Gasteiger charge is -2.23. The van der Waals surface area contributed by atoms with Gasteiger partial charge in [0.15, 0.2) is 0 Å². The van der Waals surface area contributed by atoms with Crippen LogP contribution < -0.4 is 5.56 Å². The Hall–Kier alpha value is -2.82. The van der Waals surface area contributed by atoms with Crippen LogP contribution in [0.2, 0.25) is 0 Å². The van der Waals surface area contributed by atoms with E-state index < -0.39 is 0 Å². The first-order chi connectivity index (χ1) is 11.0. The van der Waals surface area contributed by atoms with Gasteiger partial charge >= 0.3 is 0 Å². The fourth-order valence-electron chi connectivity index (χ4n) is 2.46. The predicted molar refractivity (Wildman–Crippen MR) is 88.4 cm³/mol. The van der Waals surface area contributed by atoms with Gasteiger partial charge in [-0.15, -0.1) is 0 Å². The van der Waals surface area contributed by atoms with Crippen molar-refractivity contribution < 1.29 is 9.21 Å². The fraction of sp³-hybridized carbons (Fsp3) is 0.222. The first-order valence-corrected chi connectivity index (χ1v) is 7.39. The number of pyridine rings is 1. The van der Waals surface area contributed by atoms with Gasteiger partial charge in [-0.2, -0.15) is 0 Å². The summed E-state index contributed by atoms with van der Waals surface area (Å²) in [6.07, 6.45) is 1.59. The molecule has 0 aliphatic carbocycles. The van der Waals surface area contributed by atoms with Crippen molar-refractivity contribution in [2.75, 3.05) is 7.05 Å². The number of aromatic nitrogens is 1. The lowest BCUT2D eigenvalue weighted by Crippen LogP contribution is -2.30. The summed E-state index contributed by atoms with van der Waals surface area (Å²) in [5.41, 5.74) is 0.961. The Balaban J connectivity index is 1.88. The molecule has 1 unspecified atom stereocenters. The van der Waals surface area contributed by atoms with Crippen molar-refractivity contribution in [1.82, 2.24) is 9.47 Å². The van der Waals surface area contributed by atoms with Crippen LogP contribution in [-0.4, -0.2) is 22.4 Å². The molecule has 5 nitrogen and oxygen atoms in total. The van der Waals surface area contributed by atoms with Crippen molar-refractivity contribution in [1.29, 1.82) is 0 Å². The molecule has 0 fully saturated rings. The van der Waals surface area contributed by atoms with Gasteiger partial charge in [0.2, 0.25) is 0 Å². The second-order valence-electron chi connectivity index (χ2n) is 5.64. The Labute approximate surface area is 133 Å². The van der Waals surface area contributed by atoms with Crippen LogP contribution in [-0.2, 0) is 7.05 Å². The number of benzene rings is 1. The first kappa shape index (κ1) is 15.1. The third-order valence-corrected chi connectivity index (χ3v) is 4.11. The smallest absolute Gasteiger partial charge is 0.254 e. The molecule has 0 saturated heterocycles. The van der Waals surface area contributed by atoms with E-state index in [1.54, 1.807) is 31.3 Å². The molecular weight excluding hydrogens is 292 g/mol. The summed E-state index contributed by atoms with van der Waals surface area (Å²) >= 11 is 0. The van der Waals surface area contributed by atoms with E-state index in [2.05, 4.69) is 0 Å². The minimum absolute atomic E-state index is 0.208. The zero-order valence-corrected chi connectivity index (χ0v) is 13.3. The van der Waals surface area contributed by atoms with E-state index in [0.717, 1.165) is 11.0 Å². The zero-order valence-electron chi connectivity index (χ0n) is 13.3. The van der Waals surface area contributed by atoms with Gasteiger partial charge in [0.25, 0.3) is 11.5 Å². The highest BCUT2D eigenvalue weighted by atomic mass is 16.3. The SMILES string of the molecule is CC(c1cc2ccccc2o1)N(C)C(=O)c1ccn(C)c(=O)c1. The fourth-order valence-corrected chi connectivity index (χ4v) is 2.46. The second kappa shape index (κ2) is 5.76. The van der Waals surface area contributed by atoms with E-state index >= 15 is 0 Å². The number of carbonyl (C=O) groups excluding carboxylic acids is 1. The third-order valence-electron chi connectivity index (χ3n) is 4.11. The van der Waals surface area contributed by atoms with Gasteiger partial charge in [-0.25, -0.2) is 0 Å². The highest BCUT2D eigenvalue weighted by Gasteiger charge is 2.22. The number of fused-ring (bicyclic) bond motifs is 1. The summed E-state index contributed by atoms with van der Waals surface area (Å²) in [5.74, 6) is 0.501. The van der Waals surface area contributed by atoms with Crippen LogP contribution in [0.1, 0.15) is 29.1 Å². The molecule has 23 heavy (non-hydrogen) atoms. The van der Waals surface area contributed by atoms with Gasteiger partial charge in [0, 0.05) is 37.3 Å². The number of aryl methyl sites for hydroxylation is 1. The molecule has 0 radical (unpaired) electrons. The minimum atomic E-state index is -0.237. The van der Waals surface area contributed by atoms with Gasteiger partial charge in [0.05, 0.1) is 6.04 Å². The topological polar surface area (TPSA) is 55.5 Å². The monoisotopic (exact) mass is 310 g/mol. The molecule has 1 aromatic carbocycles. The number of para-hydroxylation sites is 1. The quantitative estimate of drug-likeness (QED) is 0.747. The maximum atomic E-state index is 12.6. The van der Waals surface area contributed by atoms with Gasteiger partial charge in [0.1, 0.15) is 11.3 Å². The molecule has 3 aromatic rings. The molecule has 2 heterocycles. The molecule has 118 valence electrons. The van der Waals surface area contributed by atoms with Crippen LogP contribution in [0.5, 0.6) is 0 Å². The Kier molecular flexibility index (Phi) is 3.78. The molecular formula is C18H18N2O3. The number of furan rings is 1. The predicted octanol–water partition coefficient (Wildman–Crippen LogP) is 2.96. The number of hydrogen-bond acceptors (Lipinski definition) is 3.